The van der Waals surface area contributed by atoms with Gasteiger partial charge in [0.15, 0.2) is 5.96 Å². The van der Waals surface area contributed by atoms with E-state index in [-0.39, 0.29) is 5.96 Å². The number of hydrogen-bond acceptors (Lipinski definition) is 6. The maximum Gasteiger partial charge on any atom is 0.369 e. The Balaban J connectivity index is 2.83. The Morgan fingerprint density at radius 2 is 2.33 bits per heavy atom. The third-order valence-electron chi connectivity index (χ3n) is 1.66. The fourth-order valence-electron chi connectivity index (χ4n) is 1.00. The van der Waals surface area contributed by atoms with E-state index in [0.717, 1.165) is 0 Å². The largest absolute Gasteiger partial charge is 0.370 e. The number of aliphatic imine (C=N–C) groups is 1. The molecule has 12 heavy (non-hydrogen) atoms. The van der Waals surface area contributed by atoms with Crippen molar-refractivity contribution >= 4 is 5.96 Å². The normalized spacial score (nSPS) is 25.3. The molecule has 1 rings (SSSR count). The second-order valence-corrected chi connectivity index (χ2v) is 2.72. The molecule has 0 aliphatic carbocycles. The molecule has 7 nitrogen and oxygen atoms in total. The minimum Gasteiger partial charge on any atom is -0.370 e. The molecule has 2 N–H and O–H groups in total. The lowest BCUT2D eigenvalue weighted by Crippen LogP contribution is -2.52. The number of nitrogens with zero attached hydrogens (tertiary/aromatic N) is 4. The van der Waals surface area contributed by atoms with Gasteiger partial charge in [-0.05, 0) is 7.05 Å². The van der Waals surface area contributed by atoms with Gasteiger partial charge in [-0.25, -0.2) is 4.90 Å². The Morgan fingerprint density at radius 3 is 2.83 bits per heavy atom. The molecule has 1 atom stereocenters. The maximum atomic E-state index is 10.4. The molecule has 0 aromatic carbocycles. The first-order valence-electron chi connectivity index (χ1n) is 3.40. The fourth-order valence-corrected chi connectivity index (χ4v) is 1.00. The molecule has 0 saturated carbocycles. The smallest absolute Gasteiger partial charge is 0.369 e. The standard InChI is InChI=1S/C5H11N5O2/c1-8-3-9(2)5(10(11)12)7-4(8)6/h5H,3H2,1-2H3,(H2,6,7). The van der Waals surface area contributed by atoms with Gasteiger partial charge >= 0.3 is 6.29 Å². The summed E-state index contributed by atoms with van der Waals surface area (Å²) in [4.78, 5) is 16.8. The second-order valence-electron chi connectivity index (χ2n) is 2.72. The number of nitro groups is 1. The Labute approximate surface area is 69.6 Å². The molecule has 0 amide bonds. The summed E-state index contributed by atoms with van der Waals surface area (Å²) in [6.07, 6.45) is -1.04. The SMILES string of the molecule is CN1CN(C)C([N+](=O)[O-])N=C1N. The quantitative estimate of drug-likeness (QED) is 0.393. The molecular formula is C5H11N5O2. The van der Waals surface area contributed by atoms with Gasteiger partial charge in [0.2, 0.25) is 0 Å². The van der Waals surface area contributed by atoms with Crippen LogP contribution in [0.2, 0.25) is 0 Å². The van der Waals surface area contributed by atoms with E-state index in [1.54, 1.807) is 19.0 Å². The van der Waals surface area contributed by atoms with Gasteiger partial charge in [0.05, 0.1) is 11.6 Å². The summed E-state index contributed by atoms with van der Waals surface area (Å²) in [5, 5.41) is 10.4. The first-order chi connectivity index (χ1) is 5.52. The molecule has 0 spiro atoms. The van der Waals surface area contributed by atoms with Gasteiger partial charge in [-0.1, -0.05) is 0 Å². The van der Waals surface area contributed by atoms with Crippen molar-refractivity contribution in [1.29, 1.82) is 0 Å². The van der Waals surface area contributed by atoms with Crippen molar-refractivity contribution < 1.29 is 4.92 Å². The van der Waals surface area contributed by atoms with Crippen molar-refractivity contribution in [3.8, 4) is 0 Å². The molecular weight excluding hydrogens is 162 g/mol. The van der Waals surface area contributed by atoms with E-state index in [1.807, 2.05) is 0 Å². The molecule has 0 bridgehead atoms. The molecule has 0 fully saturated rings. The highest BCUT2D eigenvalue weighted by molar-refractivity contribution is 5.78. The third-order valence-corrected chi connectivity index (χ3v) is 1.66. The molecule has 0 radical (unpaired) electrons. The Morgan fingerprint density at radius 1 is 1.75 bits per heavy atom. The lowest BCUT2D eigenvalue weighted by Gasteiger charge is -2.30. The molecule has 0 aromatic heterocycles. The molecule has 0 saturated heterocycles. The third kappa shape index (κ3) is 1.45. The van der Waals surface area contributed by atoms with Gasteiger partial charge < -0.3 is 10.6 Å². The van der Waals surface area contributed by atoms with Crippen molar-refractivity contribution in [2.24, 2.45) is 10.7 Å². The van der Waals surface area contributed by atoms with Crippen molar-refractivity contribution in [3.63, 3.8) is 0 Å². The first-order valence-corrected chi connectivity index (χ1v) is 3.40. The zero-order valence-corrected chi connectivity index (χ0v) is 6.97. The minimum atomic E-state index is -1.04. The lowest BCUT2D eigenvalue weighted by molar-refractivity contribution is -0.549. The summed E-state index contributed by atoms with van der Waals surface area (Å²) in [5.41, 5.74) is 5.41. The molecule has 7 heteroatoms. The van der Waals surface area contributed by atoms with Gasteiger partial charge in [0.25, 0.3) is 0 Å². The van der Waals surface area contributed by atoms with Crippen LogP contribution in [0, 0.1) is 10.1 Å². The van der Waals surface area contributed by atoms with Crippen molar-refractivity contribution in [3.05, 3.63) is 10.1 Å². The summed E-state index contributed by atoms with van der Waals surface area (Å²) in [6, 6.07) is 0. The van der Waals surface area contributed by atoms with E-state index < -0.39 is 11.2 Å². The van der Waals surface area contributed by atoms with E-state index in [1.165, 1.54) is 4.90 Å². The van der Waals surface area contributed by atoms with Gasteiger partial charge in [-0.3, -0.25) is 10.1 Å². The minimum absolute atomic E-state index is 0.204. The van der Waals surface area contributed by atoms with E-state index in [9.17, 15) is 10.1 Å². The Hall–Kier alpha value is -1.37. The first kappa shape index (κ1) is 8.72. The van der Waals surface area contributed by atoms with Crippen LogP contribution in [0.1, 0.15) is 0 Å². The van der Waals surface area contributed by atoms with E-state index in [4.69, 9.17) is 5.73 Å². The summed E-state index contributed by atoms with van der Waals surface area (Å²) in [5.74, 6) is 0.204. The highest BCUT2D eigenvalue weighted by atomic mass is 16.6. The fraction of sp³-hybridized carbons (Fsp3) is 0.800. The molecule has 68 valence electrons. The Kier molecular flexibility index (Phi) is 2.13. The molecule has 1 heterocycles. The van der Waals surface area contributed by atoms with Crippen LogP contribution in [-0.4, -0.2) is 47.7 Å². The van der Waals surface area contributed by atoms with Gasteiger partial charge in [0, 0.05) is 7.05 Å². The Bertz CT molecular complexity index is 228. The highest BCUT2D eigenvalue weighted by Crippen LogP contribution is 2.06. The van der Waals surface area contributed by atoms with Gasteiger partial charge in [-0.15, -0.1) is 0 Å². The van der Waals surface area contributed by atoms with Crippen molar-refractivity contribution in [2.75, 3.05) is 20.8 Å². The highest BCUT2D eigenvalue weighted by Gasteiger charge is 2.30. The van der Waals surface area contributed by atoms with E-state index in [2.05, 4.69) is 4.99 Å². The number of nitrogens with two attached hydrogens (primary N) is 1. The average molecular weight is 173 g/mol. The monoisotopic (exact) mass is 173 g/mol. The molecule has 1 unspecified atom stereocenters. The number of guanidine groups is 1. The summed E-state index contributed by atoms with van der Waals surface area (Å²) in [7, 11) is 3.35. The van der Waals surface area contributed by atoms with Crippen LogP contribution in [-0.2, 0) is 0 Å². The molecule has 0 aromatic rings. The number of hydrogen-bond donors (Lipinski definition) is 1. The van der Waals surface area contributed by atoms with Crippen LogP contribution >= 0.6 is 0 Å². The van der Waals surface area contributed by atoms with E-state index >= 15 is 0 Å². The van der Waals surface area contributed by atoms with Crippen LogP contribution in [0.5, 0.6) is 0 Å². The van der Waals surface area contributed by atoms with Crippen molar-refractivity contribution in [1.82, 2.24) is 9.80 Å². The van der Waals surface area contributed by atoms with Gasteiger partial charge in [0.1, 0.15) is 0 Å². The van der Waals surface area contributed by atoms with E-state index in [0.29, 0.717) is 6.67 Å². The zero-order chi connectivity index (χ0) is 9.30. The summed E-state index contributed by atoms with van der Waals surface area (Å²) >= 11 is 0. The predicted octanol–water partition coefficient (Wildman–Crippen LogP) is -1.30. The van der Waals surface area contributed by atoms with Crippen LogP contribution in [0.15, 0.2) is 4.99 Å². The average Bonchev–Trinajstić information content (AvgIpc) is 1.96. The summed E-state index contributed by atoms with van der Waals surface area (Å²) < 4.78 is 0. The summed E-state index contributed by atoms with van der Waals surface area (Å²) in [6.45, 7) is 0.418. The second kappa shape index (κ2) is 2.94. The van der Waals surface area contributed by atoms with Gasteiger partial charge in [-0.2, -0.15) is 4.99 Å². The molecule has 1 aliphatic rings. The maximum absolute atomic E-state index is 10.4. The van der Waals surface area contributed by atoms with Crippen molar-refractivity contribution in [2.45, 2.75) is 6.29 Å². The topological polar surface area (TPSA) is 88.0 Å². The lowest BCUT2D eigenvalue weighted by atomic mass is 10.6. The molecule has 1 aliphatic heterocycles. The predicted molar refractivity (Wildman–Crippen MR) is 42.8 cm³/mol. The van der Waals surface area contributed by atoms with Crippen LogP contribution < -0.4 is 5.73 Å². The van der Waals surface area contributed by atoms with Crippen LogP contribution in [0.25, 0.3) is 0 Å². The zero-order valence-electron chi connectivity index (χ0n) is 6.97. The van der Waals surface area contributed by atoms with Crippen LogP contribution in [0.4, 0.5) is 0 Å². The van der Waals surface area contributed by atoms with Crippen LogP contribution in [0.3, 0.4) is 0 Å². The number of rotatable bonds is 1.